The minimum Gasteiger partial charge on any atom is -0.327 e. The van der Waals surface area contributed by atoms with Crippen LogP contribution in [-0.4, -0.2) is 6.04 Å². The van der Waals surface area contributed by atoms with Gasteiger partial charge >= 0.3 is 0 Å². The lowest BCUT2D eigenvalue weighted by atomic mass is 9.92. The van der Waals surface area contributed by atoms with Crippen molar-refractivity contribution < 1.29 is 0 Å². The summed E-state index contributed by atoms with van der Waals surface area (Å²) in [5.74, 6) is 3.17. The second-order valence-electron chi connectivity index (χ2n) is 5.69. The van der Waals surface area contributed by atoms with Crippen LogP contribution in [-0.2, 0) is 0 Å². The summed E-state index contributed by atoms with van der Waals surface area (Å²) in [6, 6.07) is 11.3. The van der Waals surface area contributed by atoms with Gasteiger partial charge in [0.25, 0.3) is 0 Å². The molecule has 0 spiro atoms. The average molecular weight is 215 g/mol. The summed E-state index contributed by atoms with van der Waals surface area (Å²) in [6.45, 7) is 2.35. The Morgan fingerprint density at radius 2 is 1.88 bits per heavy atom. The molecule has 0 aromatic heterocycles. The predicted octanol–water partition coefficient (Wildman–Crippen LogP) is 3.16. The summed E-state index contributed by atoms with van der Waals surface area (Å²) >= 11 is 0. The van der Waals surface area contributed by atoms with Gasteiger partial charge in [0.1, 0.15) is 0 Å². The molecule has 0 bridgehead atoms. The molecule has 0 radical (unpaired) electrons. The minimum atomic E-state index is 0.428. The molecule has 0 saturated heterocycles. The first-order valence-corrected chi connectivity index (χ1v) is 6.58. The second-order valence-corrected chi connectivity index (χ2v) is 5.69. The molecule has 3 rings (SSSR count). The van der Waals surface area contributed by atoms with Crippen LogP contribution in [0.25, 0.3) is 0 Å². The largest absolute Gasteiger partial charge is 0.327 e. The molecular formula is C15H21N. The third-order valence-electron chi connectivity index (χ3n) is 4.53. The van der Waals surface area contributed by atoms with Crippen LogP contribution in [0.5, 0.6) is 0 Å². The zero-order valence-electron chi connectivity index (χ0n) is 9.97. The Balaban J connectivity index is 1.63. The van der Waals surface area contributed by atoms with Crippen LogP contribution in [0.15, 0.2) is 30.3 Å². The Bertz CT molecular complexity index is 355. The van der Waals surface area contributed by atoms with Gasteiger partial charge in [0.2, 0.25) is 0 Å². The zero-order chi connectivity index (χ0) is 11.1. The topological polar surface area (TPSA) is 26.0 Å². The quantitative estimate of drug-likeness (QED) is 0.820. The Morgan fingerprint density at radius 1 is 1.19 bits per heavy atom. The normalized spacial score (nSPS) is 32.1. The van der Waals surface area contributed by atoms with Gasteiger partial charge in [-0.15, -0.1) is 0 Å². The summed E-state index contributed by atoms with van der Waals surface area (Å²) < 4.78 is 0. The van der Waals surface area contributed by atoms with Crippen molar-refractivity contribution in [3.63, 3.8) is 0 Å². The number of benzene rings is 1. The van der Waals surface area contributed by atoms with E-state index in [0.29, 0.717) is 6.04 Å². The van der Waals surface area contributed by atoms with Crippen LogP contribution in [0.2, 0.25) is 0 Å². The monoisotopic (exact) mass is 215 g/mol. The molecule has 86 valence electrons. The van der Waals surface area contributed by atoms with Crippen LogP contribution in [0.1, 0.15) is 37.7 Å². The minimum absolute atomic E-state index is 0.428. The molecule has 2 saturated carbocycles. The zero-order valence-corrected chi connectivity index (χ0v) is 9.97. The van der Waals surface area contributed by atoms with Crippen molar-refractivity contribution in [2.45, 2.75) is 38.1 Å². The maximum absolute atomic E-state index is 6.39. The van der Waals surface area contributed by atoms with E-state index in [2.05, 4.69) is 37.3 Å². The Kier molecular flexibility index (Phi) is 2.51. The lowest BCUT2D eigenvalue weighted by molar-refractivity contribution is 0.369. The Hall–Kier alpha value is -0.820. The van der Waals surface area contributed by atoms with Gasteiger partial charge in [0.15, 0.2) is 0 Å². The van der Waals surface area contributed by atoms with Gasteiger partial charge in [-0.2, -0.15) is 0 Å². The van der Waals surface area contributed by atoms with Gasteiger partial charge in [-0.3, -0.25) is 0 Å². The molecule has 4 unspecified atom stereocenters. The summed E-state index contributed by atoms with van der Waals surface area (Å²) in [4.78, 5) is 0. The van der Waals surface area contributed by atoms with Crippen LogP contribution in [0, 0.1) is 17.8 Å². The van der Waals surface area contributed by atoms with E-state index in [1.807, 2.05) is 0 Å². The highest BCUT2D eigenvalue weighted by Gasteiger charge is 2.46. The highest BCUT2D eigenvalue weighted by atomic mass is 14.7. The molecule has 2 N–H and O–H groups in total. The SMILES string of the molecule is CC(C1CC1)C(N)C1CC1c1ccccc1. The molecule has 2 aliphatic rings. The van der Waals surface area contributed by atoms with Crippen molar-refractivity contribution in [2.24, 2.45) is 23.5 Å². The molecule has 0 amide bonds. The fourth-order valence-electron chi connectivity index (χ4n) is 3.05. The van der Waals surface area contributed by atoms with Gasteiger partial charge < -0.3 is 5.73 Å². The van der Waals surface area contributed by atoms with Crippen LogP contribution in [0.3, 0.4) is 0 Å². The third kappa shape index (κ3) is 1.89. The lowest BCUT2D eigenvalue weighted by Gasteiger charge is -2.19. The molecule has 2 fully saturated rings. The fraction of sp³-hybridized carbons (Fsp3) is 0.600. The van der Waals surface area contributed by atoms with E-state index in [1.54, 1.807) is 0 Å². The second kappa shape index (κ2) is 3.89. The van der Waals surface area contributed by atoms with Gasteiger partial charge in [-0.25, -0.2) is 0 Å². The first-order valence-electron chi connectivity index (χ1n) is 6.58. The first kappa shape index (κ1) is 10.3. The third-order valence-corrected chi connectivity index (χ3v) is 4.53. The van der Waals surface area contributed by atoms with Gasteiger partial charge in [-0.1, -0.05) is 37.3 Å². The van der Waals surface area contributed by atoms with Crippen molar-refractivity contribution in [3.05, 3.63) is 35.9 Å². The maximum Gasteiger partial charge on any atom is 0.0102 e. The molecule has 1 heteroatoms. The van der Waals surface area contributed by atoms with Crippen molar-refractivity contribution in [2.75, 3.05) is 0 Å². The van der Waals surface area contributed by atoms with Crippen LogP contribution < -0.4 is 5.73 Å². The Morgan fingerprint density at radius 3 is 2.50 bits per heavy atom. The molecule has 1 nitrogen and oxygen atoms in total. The van der Waals surface area contributed by atoms with Crippen LogP contribution >= 0.6 is 0 Å². The van der Waals surface area contributed by atoms with Crippen molar-refractivity contribution in [1.82, 2.24) is 0 Å². The summed E-state index contributed by atoms with van der Waals surface area (Å²) in [6.07, 6.45) is 4.14. The first-order chi connectivity index (χ1) is 7.77. The molecule has 0 heterocycles. The smallest absolute Gasteiger partial charge is 0.0102 e. The molecule has 2 aliphatic carbocycles. The summed E-state index contributed by atoms with van der Waals surface area (Å²) in [5.41, 5.74) is 7.88. The summed E-state index contributed by atoms with van der Waals surface area (Å²) in [7, 11) is 0. The molecule has 1 aromatic carbocycles. The van der Waals surface area contributed by atoms with Crippen molar-refractivity contribution in [3.8, 4) is 0 Å². The van der Waals surface area contributed by atoms with E-state index in [-0.39, 0.29) is 0 Å². The Labute approximate surface area is 98.0 Å². The molecule has 4 atom stereocenters. The van der Waals surface area contributed by atoms with Crippen molar-refractivity contribution >= 4 is 0 Å². The van der Waals surface area contributed by atoms with E-state index >= 15 is 0 Å². The van der Waals surface area contributed by atoms with E-state index in [4.69, 9.17) is 5.73 Å². The molecule has 16 heavy (non-hydrogen) atoms. The lowest BCUT2D eigenvalue weighted by Crippen LogP contribution is -2.32. The summed E-state index contributed by atoms with van der Waals surface area (Å²) in [5, 5.41) is 0. The average Bonchev–Trinajstić information content (AvgIpc) is 3.19. The number of rotatable bonds is 4. The van der Waals surface area contributed by atoms with Gasteiger partial charge in [0, 0.05) is 6.04 Å². The van der Waals surface area contributed by atoms with E-state index < -0.39 is 0 Å². The molecule has 0 aliphatic heterocycles. The van der Waals surface area contributed by atoms with Gasteiger partial charge in [0.05, 0.1) is 0 Å². The van der Waals surface area contributed by atoms with Crippen LogP contribution in [0.4, 0.5) is 0 Å². The number of hydrogen-bond acceptors (Lipinski definition) is 1. The standard InChI is InChI=1S/C15H21N/c1-10(11-7-8-11)15(16)14-9-13(14)12-5-3-2-4-6-12/h2-6,10-11,13-15H,7-9,16H2,1H3. The molecular weight excluding hydrogens is 194 g/mol. The van der Waals surface area contributed by atoms with E-state index in [1.165, 1.54) is 24.8 Å². The highest BCUT2D eigenvalue weighted by molar-refractivity contribution is 5.26. The fourth-order valence-corrected chi connectivity index (χ4v) is 3.05. The van der Waals surface area contributed by atoms with E-state index in [0.717, 1.165) is 23.7 Å². The maximum atomic E-state index is 6.39. The molecule has 1 aromatic rings. The van der Waals surface area contributed by atoms with E-state index in [9.17, 15) is 0 Å². The van der Waals surface area contributed by atoms with Crippen molar-refractivity contribution in [1.29, 1.82) is 0 Å². The highest BCUT2D eigenvalue weighted by Crippen LogP contribution is 2.52. The predicted molar refractivity (Wildman–Crippen MR) is 67.2 cm³/mol. The number of nitrogens with two attached hydrogens (primary N) is 1. The number of hydrogen-bond donors (Lipinski definition) is 1. The van der Waals surface area contributed by atoms with Gasteiger partial charge in [-0.05, 0) is 48.5 Å².